The molecule has 3 rings (SSSR count). The number of nitrogens with one attached hydrogen (secondary N) is 2. The van der Waals surface area contributed by atoms with Crippen molar-refractivity contribution in [1.29, 1.82) is 0 Å². The fourth-order valence-electron chi connectivity index (χ4n) is 2.32. The highest BCUT2D eigenvalue weighted by Gasteiger charge is 2.19. The number of anilines is 3. The fraction of sp³-hybridized carbons (Fsp3) is 0.133. The second-order valence-corrected chi connectivity index (χ2v) is 5.83. The fourth-order valence-corrected chi connectivity index (χ4v) is 2.72. The number of nitrogens with two attached hydrogens (primary N) is 1. The molecule has 4 nitrogen and oxygen atoms in total. The first-order valence-electron chi connectivity index (χ1n) is 6.43. The van der Waals surface area contributed by atoms with Crippen LogP contribution in [0.3, 0.4) is 0 Å². The molecular weight excluding hydrogens is 337 g/mol. The minimum atomic E-state index is -0.279. The summed E-state index contributed by atoms with van der Waals surface area (Å²) in [7, 11) is 0. The topological polar surface area (TPSA) is 67.2 Å². The Bertz CT molecular complexity index is 733. The Kier molecular flexibility index (Phi) is 3.55. The highest BCUT2D eigenvalue weighted by molar-refractivity contribution is 9.10. The van der Waals surface area contributed by atoms with Crippen molar-refractivity contribution in [2.24, 2.45) is 0 Å². The van der Waals surface area contributed by atoms with Crippen molar-refractivity contribution in [3.05, 3.63) is 51.7 Å². The molecule has 0 aromatic heterocycles. The van der Waals surface area contributed by atoms with E-state index in [-0.39, 0.29) is 11.7 Å². The van der Waals surface area contributed by atoms with E-state index in [1.807, 2.05) is 0 Å². The summed E-state index contributed by atoms with van der Waals surface area (Å²) in [6.07, 6.45) is 0.347. The van der Waals surface area contributed by atoms with Gasteiger partial charge in [-0.1, -0.05) is 15.9 Å². The summed E-state index contributed by atoms with van der Waals surface area (Å²) in [5.74, 6) is -0.321. The number of carbonyl (C=O) groups excluding carboxylic acids is 1. The Morgan fingerprint density at radius 1 is 1.33 bits per heavy atom. The standard InChI is InChI=1S/C15H13BrFN3O/c16-10-1-2-11(17)9(3-10)7-19-14-6-13-8(4-12(14)18)5-15(21)20-13/h1-4,6,19H,5,7,18H2,(H,20,21). The quantitative estimate of drug-likeness (QED) is 0.745. The van der Waals surface area contributed by atoms with E-state index in [4.69, 9.17) is 5.73 Å². The van der Waals surface area contributed by atoms with Crippen LogP contribution in [0.4, 0.5) is 21.5 Å². The van der Waals surface area contributed by atoms with Crippen LogP contribution >= 0.6 is 15.9 Å². The van der Waals surface area contributed by atoms with Gasteiger partial charge in [-0.3, -0.25) is 4.79 Å². The number of fused-ring (bicyclic) bond motifs is 1. The lowest BCUT2D eigenvalue weighted by molar-refractivity contribution is -0.115. The van der Waals surface area contributed by atoms with Gasteiger partial charge in [0.15, 0.2) is 0 Å². The third-order valence-corrected chi connectivity index (χ3v) is 3.87. The van der Waals surface area contributed by atoms with Gasteiger partial charge in [0.25, 0.3) is 0 Å². The summed E-state index contributed by atoms with van der Waals surface area (Å²) in [4.78, 5) is 11.4. The van der Waals surface area contributed by atoms with E-state index in [1.165, 1.54) is 6.07 Å². The molecule has 1 aliphatic heterocycles. The van der Waals surface area contributed by atoms with Crippen LogP contribution in [-0.2, 0) is 17.8 Å². The third-order valence-electron chi connectivity index (χ3n) is 3.38. The maximum Gasteiger partial charge on any atom is 0.228 e. The van der Waals surface area contributed by atoms with E-state index in [2.05, 4.69) is 26.6 Å². The molecule has 4 N–H and O–H groups in total. The van der Waals surface area contributed by atoms with Crippen LogP contribution in [0.5, 0.6) is 0 Å². The highest BCUT2D eigenvalue weighted by Crippen LogP contribution is 2.31. The first-order chi connectivity index (χ1) is 10.0. The molecule has 2 aromatic carbocycles. The summed E-state index contributed by atoms with van der Waals surface area (Å²) < 4.78 is 14.5. The van der Waals surface area contributed by atoms with Crippen molar-refractivity contribution in [2.45, 2.75) is 13.0 Å². The molecule has 0 bridgehead atoms. The summed E-state index contributed by atoms with van der Waals surface area (Å²) in [6, 6.07) is 8.33. The maximum atomic E-state index is 13.7. The van der Waals surface area contributed by atoms with E-state index in [0.717, 1.165) is 15.7 Å². The van der Waals surface area contributed by atoms with E-state index in [1.54, 1.807) is 24.3 Å². The zero-order valence-electron chi connectivity index (χ0n) is 11.0. The van der Waals surface area contributed by atoms with Gasteiger partial charge >= 0.3 is 0 Å². The second-order valence-electron chi connectivity index (χ2n) is 4.91. The molecule has 0 atom stereocenters. The molecule has 6 heteroatoms. The van der Waals surface area contributed by atoms with E-state index in [0.29, 0.717) is 29.9 Å². The molecular formula is C15H13BrFN3O. The number of hydrogen-bond donors (Lipinski definition) is 3. The number of hydrogen-bond acceptors (Lipinski definition) is 3. The normalized spacial score (nSPS) is 13.0. The van der Waals surface area contributed by atoms with Gasteiger partial charge in [0.05, 0.1) is 17.8 Å². The molecule has 0 saturated heterocycles. The van der Waals surface area contributed by atoms with Gasteiger partial charge in [-0.05, 0) is 35.9 Å². The van der Waals surface area contributed by atoms with Crippen LogP contribution in [0, 0.1) is 5.82 Å². The second kappa shape index (κ2) is 5.37. The zero-order valence-corrected chi connectivity index (χ0v) is 12.6. The minimum Gasteiger partial charge on any atom is -0.397 e. The van der Waals surface area contributed by atoms with Crippen molar-refractivity contribution >= 4 is 38.9 Å². The maximum absolute atomic E-state index is 13.7. The number of rotatable bonds is 3. The first kappa shape index (κ1) is 13.9. The van der Waals surface area contributed by atoms with Gasteiger partial charge < -0.3 is 16.4 Å². The molecule has 0 spiro atoms. The monoisotopic (exact) mass is 349 g/mol. The molecule has 1 heterocycles. The Morgan fingerprint density at radius 3 is 2.95 bits per heavy atom. The number of nitrogen functional groups attached to an aromatic ring is 1. The van der Waals surface area contributed by atoms with Crippen molar-refractivity contribution < 1.29 is 9.18 Å². The first-order valence-corrected chi connectivity index (χ1v) is 7.22. The largest absolute Gasteiger partial charge is 0.397 e. The van der Waals surface area contributed by atoms with Gasteiger partial charge in [-0.2, -0.15) is 0 Å². The van der Waals surface area contributed by atoms with Crippen LogP contribution < -0.4 is 16.4 Å². The number of amides is 1. The summed E-state index contributed by atoms with van der Waals surface area (Å²) in [5.41, 5.74) is 9.36. The summed E-state index contributed by atoms with van der Waals surface area (Å²) in [6.45, 7) is 0.308. The lowest BCUT2D eigenvalue weighted by Crippen LogP contribution is -2.05. The van der Waals surface area contributed by atoms with Crippen LogP contribution in [-0.4, -0.2) is 5.91 Å². The van der Waals surface area contributed by atoms with E-state index < -0.39 is 0 Å². The Hall–Kier alpha value is -2.08. The molecule has 0 saturated carbocycles. The van der Waals surface area contributed by atoms with E-state index in [9.17, 15) is 9.18 Å². The SMILES string of the molecule is Nc1cc2c(cc1NCc1cc(Br)ccc1F)NC(=O)C2. The predicted molar refractivity (Wildman–Crippen MR) is 84.6 cm³/mol. The van der Waals surface area contributed by atoms with Gasteiger partial charge in [-0.15, -0.1) is 0 Å². The van der Waals surface area contributed by atoms with Crippen molar-refractivity contribution in [1.82, 2.24) is 0 Å². The Labute approximate surface area is 129 Å². The van der Waals surface area contributed by atoms with Gasteiger partial charge in [0.1, 0.15) is 5.82 Å². The third kappa shape index (κ3) is 2.85. The molecule has 108 valence electrons. The summed E-state index contributed by atoms with van der Waals surface area (Å²) >= 11 is 3.32. The lowest BCUT2D eigenvalue weighted by atomic mass is 10.1. The van der Waals surface area contributed by atoms with Crippen LogP contribution in [0.2, 0.25) is 0 Å². The smallest absolute Gasteiger partial charge is 0.228 e. The minimum absolute atomic E-state index is 0.0421. The van der Waals surface area contributed by atoms with Gasteiger partial charge in [-0.25, -0.2) is 4.39 Å². The molecule has 1 amide bonds. The van der Waals surface area contributed by atoms with Crippen LogP contribution in [0.1, 0.15) is 11.1 Å². The number of halogens is 2. The Morgan fingerprint density at radius 2 is 2.14 bits per heavy atom. The molecule has 0 aliphatic carbocycles. The van der Waals surface area contributed by atoms with E-state index >= 15 is 0 Å². The molecule has 2 aromatic rings. The molecule has 21 heavy (non-hydrogen) atoms. The van der Waals surface area contributed by atoms with Crippen molar-refractivity contribution in [2.75, 3.05) is 16.4 Å². The predicted octanol–water partition coefficient (Wildman–Crippen LogP) is 3.28. The molecule has 1 aliphatic rings. The lowest BCUT2D eigenvalue weighted by Gasteiger charge is -2.12. The number of benzene rings is 2. The van der Waals surface area contributed by atoms with Crippen LogP contribution in [0.15, 0.2) is 34.8 Å². The van der Waals surface area contributed by atoms with Gasteiger partial charge in [0, 0.05) is 22.3 Å². The zero-order chi connectivity index (χ0) is 15.0. The molecule has 0 radical (unpaired) electrons. The summed E-state index contributed by atoms with van der Waals surface area (Å²) in [5, 5.41) is 5.87. The number of carbonyl (C=O) groups is 1. The highest BCUT2D eigenvalue weighted by atomic mass is 79.9. The molecule has 0 fully saturated rings. The molecule has 0 unspecified atom stereocenters. The Balaban J connectivity index is 1.81. The average molecular weight is 350 g/mol. The average Bonchev–Trinajstić information content (AvgIpc) is 2.78. The van der Waals surface area contributed by atoms with Crippen molar-refractivity contribution in [3.63, 3.8) is 0 Å². The van der Waals surface area contributed by atoms with Gasteiger partial charge in [0.2, 0.25) is 5.91 Å². The van der Waals surface area contributed by atoms with Crippen LogP contribution in [0.25, 0.3) is 0 Å². The van der Waals surface area contributed by atoms with Crippen molar-refractivity contribution in [3.8, 4) is 0 Å².